The molecule has 0 saturated heterocycles. The minimum Gasteiger partial charge on any atom is -0.478 e. The molecule has 2 atom stereocenters. The van der Waals surface area contributed by atoms with E-state index in [2.05, 4.69) is 5.32 Å². The van der Waals surface area contributed by atoms with Crippen molar-refractivity contribution in [2.24, 2.45) is 7.05 Å². The lowest BCUT2D eigenvalue weighted by molar-refractivity contribution is 0.0697. The van der Waals surface area contributed by atoms with Gasteiger partial charge in [-0.25, -0.2) is 9.18 Å². The number of halogens is 1. The van der Waals surface area contributed by atoms with Crippen LogP contribution in [0.5, 0.6) is 0 Å². The molecule has 5 nitrogen and oxygen atoms in total. The highest BCUT2D eigenvalue weighted by Crippen LogP contribution is 2.26. The number of carboxylic acid groups (broad SMARTS) is 1. The van der Waals surface area contributed by atoms with Gasteiger partial charge < -0.3 is 10.4 Å². The maximum Gasteiger partial charge on any atom is 0.339 e. The molecule has 0 bridgehead atoms. The molecule has 0 saturated carbocycles. The topological polar surface area (TPSA) is 71.3 Å². The Kier molecular flexibility index (Phi) is 3.48. The van der Waals surface area contributed by atoms with Gasteiger partial charge in [-0.3, -0.25) is 9.36 Å². The average molecular weight is 278 g/mol. The van der Waals surface area contributed by atoms with Crippen molar-refractivity contribution in [3.63, 3.8) is 0 Å². The molecule has 0 aromatic carbocycles. The largest absolute Gasteiger partial charge is 0.478 e. The van der Waals surface area contributed by atoms with E-state index in [1.54, 1.807) is 18.2 Å². The summed E-state index contributed by atoms with van der Waals surface area (Å²) in [6.45, 7) is 1.38. The van der Waals surface area contributed by atoms with Gasteiger partial charge in [-0.15, -0.1) is 0 Å². The predicted octanol–water partition coefficient (Wildman–Crippen LogP) is 1.72. The number of pyridine rings is 1. The van der Waals surface area contributed by atoms with Crippen molar-refractivity contribution in [1.82, 2.24) is 4.57 Å². The van der Waals surface area contributed by atoms with Crippen LogP contribution < -0.4 is 10.9 Å². The number of rotatable bonds is 3. The van der Waals surface area contributed by atoms with Gasteiger partial charge in [0, 0.05) is 13.1 Å². The lowest BCUT2D eigenvalue weighted by Gasteiger charge is -2.30. The maximum absolute atomic E-state index is 14.4. The van der Waals surface area contributed by atoms with Crippen LogP contribution in [0.3, 0.4) is 0 Å². The molecule has 0 radical (unpaired) electrons. The standard InChI is InChI=1S/C14H15FN2O3/c1-14(15)8-4-3-5-10(14)16-12-9(13(19)20)6-7-11(18)17(12)2/h3-8,10,16H,1-2H3,(H,19,20). The van der Waals surface area contributed by atoms with Gasteiger partial charge in [-0.05, 0) is 19.1 Å². The van der Waals surface area contributed by atoms with Gasteiger partial charge in [-0.1, -0.05) is 18.2 Å². The van der Waals surface area contributed by atoms with Crippen molar-refractivity contribution in [2.45, 2.75) is 18.6 Å². The van der Waals surface area contributed by atoms with Crippen molar-refractivity contribution >= 4 is 11.8 Å². The number of hydrogen-bond donors (Lipinski definition) is 2. The fourth-order valence-electron chi connectivity index (χ4n) is 2.03. The summed E-state index contributed by atoms with van der Waals surface area (Å²) < 4.78 is 15.5. The van der Waals surface area contributed by atoms with Crippen LogP contribution in [-0.2, 0) is 7.05 Å². The number of carboxylic acids is 1. The highest BCUT2D eigenvalue weighted by molar-refractivity contribution is 5.93. The Morgan fingerprint density at radius 3 is 2.75 bits per heavy atom. The number of nitrogens with one attached hydrogen (secondary N) is 1. The summed E-state index contributed by atoms with van der Waals surface area (Å²) in [5.74, 6) is -1.10. The second-order valence-corrected chi connectivity index (χ2v) is 4.82. The molecule has 2 N–H and O–H groups in total. The van der Waals surface area contributed by atoms with E-state index in [0.717, 1.165) is 4.57 Å². The van der Waals surface area contributed by atoms with Gasteiger partial charge in [0.25, 0.3) is 5.56 Å². The normalized spacial score (nSPS) is 24.6. The number of carbonyl (C=O) groups is 1. The Labute approximate surface area is 115 Å². The van der Waals surface area contributed by atoms with E-state index in [1.165, 1.54) is 32.2 Å². The monoisotopic (exact) mass is 278 g/mol. The Bertz CT molecular complexity index is 659. The van der Waals surface area contributed by atoms with Crippen LogP contribution in [0, 0.1) is 0 Å². The third-order valence-corrected chi connectivity index (χ3v) is 3.28. The maximum atomic E-state index is 14.4. The van der Waals surface area contributed by atoms with Crippen molar-refractivity contribution in [3.8, 4) is 0 Å². The van der Waals surface area contributed by atoms with Crippen LogP contribution in [0.25, 0.3) is 0 Å². The molecule has 1 aromatic heterocycles. The molecule has 106 valence electrons. The Morgan fingerprint density at radius 1 is 1.45 bits per heavy atom. The fraction of sp³-hybridized carbons (Fsp3) is 0.286. The molecule has 0 aliphatic heterocycles. The van der Waals surface area contributed by atoms with Crippen LogP contribution in [0.15, 0.2) is 41.2 Å². The number of anilines is 1. The molecular weight excluding hydrogens is 263 g/mol. The highest BCUT2D eigenvalue weighted by Gasteiger charge is 2.32. The van der Waals surface area contributed by atoms with Gasteiger partial charge in [0.05, 0.1) is 6.04 Å². The van der Waals surface area contributed by atoms with Crippen molar-refractivity contribution in [2.75, 3.05) is 5.32 Å². The van der Waals surface area contributed by atoms with Crippen molar-refractivity contribution in [1.29, 1.82) is 0 Å². The molecule has 1 aromatic rings. The van der Waals surface area contributed by atoms with E-state index >= 15 is 0 Å². The predicted molar refractivity (Wildman–Crippen MR) is 73.8 cm³/mol. The van der Waals surface area contributed by atoms with Crippen molar-refractivity contribution in [3.05, 3.63) is 52.4 Å². The van der Waals surface area contributed by atoms with Gasteiger partial charge >= 0.3 is 5.97 Å². The van der Waals surface area contributed by atoms with Gasteiger partial charge in [-0.2, -0.15) is 0 Å². The molecular formula is C14H15FN2O3. The van der Waals surface area contributed by atoms with Crippen LogP contribution in [0.4, 0.5) is 10.2 Å². The Hall–Kier alpha value is -2.37. The van der Waals surface area contributed by atoms with Crippen molar-refractivity contribution < 1.29 is 14.3 Å². The first-order chi connectivity index (χ1) is 9.33. The molecule has 0 spiro atoms. The zero-order valence-corrected chi connectivity index (χ0v) is 11.1. The first kappa shape index (κ1) is 14.0. The van der Waals surface area contributed by atoms with Gasteiger partial charge in [0.2, 0.25) is 0 Å². The summed E-state index contributed by atoms with van der Waals surface area (Å²) in [6.07, 6.45) is 6.22. The van der Waals surface area contributed by atoms with E-state index in [4.69, 9.17) is 5.11 Å². The van der Waals surface area contributed by atoms with E-state index in [1.807, 2.05) is 0 Å². The smallest absolute Gasteiger partial charge is 0.339 e. The van der Waals surface area contributed by atoms with E-state index in [0.29, 0.717) is 0 Å². The fourth-order valence-corrected chi connectivity index (χ4v) is 2.03. The van der Waals surface area contributed by atoms with Gasteiger partial charge in [0.1, 0.15) is 17.1 Å². The quantitative estimate of drug-likeness (QED) is 0.883. The zero-order valence-electron chi connectivity index (χ0n) is 11.1. The average Bonchev–Trinajstić information content (AvgIpc) is 2.36. The molecule has 2 rings (SSSR count). The number of hydrogen-bond acceptors (Lipinski definition) is 3. The molecule has 2 unspecified atom stereocenters. The number of allylic oxidation sites excluding steroid dienone is 2. The molecule has 1 aliphatic carbocycles. The van der Waals surface area contributed by atoms with Crippen LogP contribution in [-0.4, -0.2) is 27.4 Å². The third-order valence-electron chi connectivity index (χ3n) is 3.28. The molecule has 1 heterocycles. The summed E-state index contributed by atoms with van der Waals surface area (Å²) in [5.41, 5.74) is -2.12. The number of alkyl halides is 1. The van der Waals surface area contributed by atoms with Crippen LogP contribution in [0.1, 0.15) is 17.3 Å². The number of nitrogens with zero attached hydrogens (tertiary/aromatic N) is 1. The summed E-state index contributed by atoms with van der Waals surface area (Å²) in [6, 6.07) is 1.63. The summed E-state index contributed by atoms with van der Waals surface area (Å²) in [7, 11) is 1.44. The Balaban J connectivity index is 2.46. The van der Waals surface area contributed by atoms with Gasteiger partial charge in [0.15, 0.2) is 0 Å². The second kappa shape index (κ2) is 4.96. The Morgan fingerprint density at radius 2 is 2.15 bits per heavy atom. The summed E-state index contributed by atoms with van der Waals surface area (Å²) in [5, 5.41) is 12.0. The molecule has 0 fully saturated rings. The number of aromatic carboxylic acids is 1. The second-order valence-electron chi connectivity index (χ2n) is 4.82. The first-order valence-electron chi connectivity index (χ1n) is 6.08. The van der Waals surface area contributed by atoms with E-state index < -0.39 is 17.7 Å². The van der Waals surface area contributed by atoms with E-state index in [9.17, 15) is 14.0 Å². The summed E-state index contributed by atoms with van der Waals surface area (Å²) >= 11 is 0. The number of aromatic nitrogens is 1. The first-order valence-corrected chi connectivity index (χ1v) is 6.08. The molecule has 20 heavy (non-hydrogen) atoms. The SMILES string of the molecule is Cn1c(NC2C=CC=CC2(C)F)c(C(=O)O)ccc1=O. The summed E-state index contributed by atoms with van der Waals surface area (Å²) in [4.78, 5) is 22.8. The van der Waals surface area contributed by atoms with E-state index in [-0.39, 0.29) is 16.9 Å². The molecule has 6 heteroatoms. The zero-order chi connectivity index (χ0) is 14.9. The molecule has 0 amide bonds. The lowest BCUT2D eigenvalue weighted by atomic mass is 9.93. The highest BCUT2D eigenvalue weighted by atomic mass is 19.1. The van der Waals surface area contributed by atoms with Crippen LogP contribution in [0.2, 0.25) is 0 Å². The lowest BCUT2D eigenvalue weighted by Crippen LogP contribution is -2.40. The van der Waals surface area contributed by atoms with Crippen LogP contribution >= 0.6 is 0 Å². The minimum atomic E-state index is -1.67. The minimum absolute atomic E-state index is 0.0779. The molecule has 1 aliphatic rings. The third kappa shape index (κ3) is 2.49.